The van der Waals surface area contributed by atoms with E-state index in [1.165, 1.54) is 5.56 Å². The number of hydrogen-bond acceptors (Lipinski definition) is 2. The Morgan fingerprint density at radius 3 is 2.74 bits per heavy atom. The smallest absolute Gasteiger partial charge is 0.338 e. The van der Waals surface area contributed by atoms with Crippen molar-refractivity contribution in [2.24, 2.45) is 0 Å². The first-order valence-corrected chi connectivity index (χ1v) is 8.00. The third-order valence-corrected chi connectivity index (χ3v) is 4.08. The van der Waals surface area contributed by atoms with Crippen molar-refractivity contribution in [3.05, 3.63) is 70.4 Å². The summed E-state index contributed by atoms with van der Waals surface area (Å²) in [6, 6.07) is 13.2. The highest BCUT2D eigenvalue weighted by Gasteiger charge is 2.08. The lowest BCUT2D eigenvalue weighted by Crippen LogP contribution is -2.07. The SMILES string of the molecule is Cc1ccc(C(=O)OCCCc2c[nH]c3ccc(Cl)cc23)cc1. The lowest BCUT2D eigenvalue weighted by atomic mass is 10.1. The molecule has 0 aliphatic rings. The summed E-state index contributed by atoms with van der Waals surface area (Å²) in [5.41, 5.74) is 3.98. The second-order valence-corrected chi connectivity index (χ2v) is 6.05. The number of halogens is 1. The molecule has 0 bridgehead atoms. The standard InChI is InChI=1S/C19H18ClNO2/c1-13-4-6-14(7-5-13)19(22)23-10-2-3-15-12-21-18-9-8-16(20)11-17(15)18/h4-9,11-12,21H,2-3,10H2,1H3. The first-order chi connectivity index (χ1) is 11.1. The van der Waals surface area contributed by atoms with Crippen molar-refractivity contribution in [1.82, 2.24) is 4.98 Å². The largest absolute Gasteiger partial charge is 0.462 e. The van der Waals surface area contributed by atoms with E-state index in [-0.39, 0.29) is 5.97 Å². The first kappa shape index (κ1) is 15.6. The highest BCUT2D eigenvalue weighted by Crippen LogP contribution is 2.23. The Balaban J connectivity index is 1.54. The van der Waals surface area contributed by atoms with Gasteiger partial charge in [0.05, 0.1) is 12.2 Å². The lowest BCUT2D eigenvalue weighted by Gasteiger charge is -2.05. The monoisotopic (exact) mass is 327 g/mol. The van der Waals surface area contributed by atoms with Gasteiger partial charge in [-0.3, -0.25) is 0 Å². The first-order valence-electron chi connectivity index (χ1n) is 7.63. The van der Waals surface area contributed by atoms with Crippen LogP contribution in [0, 0.1) is 6.92 Å². The summed E-state index contributed by atoms with van der Waals surface area (Å²) in [7, 11) is 0. The predicted molar refractivity (Wildman–Crippen MR) is 93.1 cm³/mol. The van der Waals surface area contributed by atoms with E-state index in [2.05, 4.69) is 4.98 Å². The van der Waals surface area contributed by atoms with Gasteiger partial charge in [-0.15, -0.1) is 0 Å². The zero-order valence-corrected chi connectivity index (χ0v) is 13.7. The van der Waals surface area contributed by atoms with Crippen molar-refractivity contribution in [2.45, 2.75) is 19.8 Å². The molecule has 0 spiro atoms. The fraction of sp³-hybridized carbons (Fsp3) is 0.211. The Kier molecular flexibility index (Phi) is 4.68. The van der Waals surface area contributed by atoms with E-state index in [1.807, 2.05) is 43.5 Å². The van der Waals surface area contributed by atoms with Gasteiger partial charge in [-0.2, -0.15) is 0 Å². The second kappa shape index (κ2) is 6.88. The summed E-state index contributed by atoms with van der Waals surface area (Å²) in [5, 5.41) is 1.85. The molecule has 23 heavy (non-hydrogen) atoms. The number of fused-ring (bicyclic) bond motifs is 1. The third kappa shape index (κ3) is 3.74. The molecule has 0 amide bonds. The third-order valence-electron chi connectivity index (χ3n) is 3.84. The van der Waals surface area contributed by atoms with E-state index in [0.717, 1.165) is 34.3 Å². The number of aromatic amines is 1. The fourth-order valence-electron chi connectivity index (χ4n) is 2.56. The number of hydrogen-bond donors (Lipinski definition) is 1. The predicted octanol–water partition coefficient (Wildman–Crippen LogP) is 4.92. The van der Waals surface area contributed by atoms with Gasteiger partial charge in [0.1, 0.15) is 0 Å². The molecule has 118 valence electrons. The number of H-pyrrole nitrogens is 1. The maximum atomic E-state index is 11.9. The molecule has 0 saturated carbocycles. The fourth-order valence-corrected chi connectivity index (χ4v) is 2.73. The number of aryl methyl sites for hydroxylation is 2. The molecule has 0 atom stereocenters. The quantitative estimate of drug-likeness (QED) is 0.534. The molecule has 0 unspecified atom stereocenters. The van der Waals surface area contributed by atoms with E-state index >= 15 is 0 Å². The van der Waals surface area contributed by atoms with Crippen LogP contribution in [0.4, 0.5) is 0 Å². The Bertz CT molecular complexity index is 821. The number of rotatable bonds is 5. The Hall–Kier alpha value is -2.26. The summed E-state index contributed by atoms with van der Waals surface area (Å²) >= 11 is 6.05. The molecule has 0 aliphatic carbocycles. The van der Waals surface area contributed by atoms with Crippen molar-refractivity contribution in [3.8, 4) is 0 Å². The van der Waals surface area contributed by atoms with Crippen LogP contribution in [-0.2, 0) is 11.2 Å². The maximum absolute atomic E-state index is 11.9. The van der Waals surface area contributed by atoms with E-state index in [9.17, 15) is 4.79 Å². The minimum atomic E-state index is -0.271. The van der Waals surface area contributed by atoms with Crippen LogP contribution in [0.2, 0.25) is 5.02 Å². The van der Waals surface area contributed by atoms with Crippen LogP contribution in [0.1, 0.15) is 27.9 Å². The molecule has 1 heterocycles. The molecule has 0 fully saturated rings. The molecule has 1 N–H and O–H groups in total. The van der Waals surface area contributed by atoms with E-state index in [0.29, 0.717) is 12.2 Å². The molecule has 0 saturated heterocycles. The summed E-state index contributed by atoms with van der Waals surface area (Å²) in [6.07, 6.45) is 3.60. The van der Waals surface area contributed by atoms with Crippen LogP contribution < -0.4 is 0 Å². The van der Waals surface area contributed by atoms with Gasteiger partial charge >= 0.3 is 5.97 Å². The normalized spacial score (nSPS) is 10.9. The molecule has 1 aromatic heterocycles. The van der Waals surface area contributed by atoms with Crippen LogP contribution >= 0.6 is 11.6 Å². The zero-order chi connectivity index (χ0) is 16.2. The van der Waals surface area contributed by atoms with Crippen molar-refractivity contribution in [1.29, 1.82) is 0 Å². The van der Waals surface area contributed by atoms with E-state index in [4.69, 9.17) is 16.3 Å². The Morgan fingerprint density at radius 1 is 1.17 bits per heavy atom. The van der Waals surface area contributed by atoms with Gasteiger partial charge in [-0.05, 0) is 55.7 Å². The molecule has 3 nitrogen and oxygen atoms in total. The van der Waals surface area contributed by atoms with Crippen LogP contribution in [0.15, 0.2) is 48.7 Å². The van der Waals surface area contributed by atoms with Crippen LogP contribution in [-0.4, -0.2) is 17.6 Å². The molecule has 2 aromatic carbocycles. The highest BCUT2D eigenvalue weighted by molar-refractivity contribution is 6.31. The molecule has 3 aromatic rings. The molecule has 3 rings (SSSR count). The lowest BCUT2D eigenvalue weighted by molar-refractivity contribution is 0.0500. The summed E-state index contributed by atoms with van der Waals surface area (Å²) in [6.45, 7) is 2.39. The van der Waals surface area contributed by atoms with Crippen molar-refractivity contribution in [3.63, 3.8) is 0 Å². The summed E-state index contributed by atoms with van der Waals surface area (Å²) < 4.78 is 5.33. The topological polar surface area (TPSA) is 42.1 Å². The minimum absolute atomic E-state index is 0.271. The zero-order valence-electron chi connectivity index (χ0n) is 12.9. The van der Waals surface area contributed by atoms with Crippen molar-refractivity contribution < 1.29 is 9.53 Å². The van der Waals surface area contributed by atoms with E-state index in [1.54, 1.807) is 12.1 Å². The summed E-state index contributed by atoms with van der Waals surface area (Å²) in [4.78, 5) is 15.2. The Morgan fingerprint density at radius 2 is 1.96 bits per heavy atom. The van der Waals surface area contributed by atoms with Gasteiger partial charge in [-0.25, -0.2) is 4.79 Å². The van der Waals surface area contributed by atoms with E-state index < -0.39 is 0 Å². The molecular formula is C19H18ClNO2. The van der Waals surface area contributed by atoms with Crippen molar-refractivity contribution in [2.75, 3.05) is 6.61 Å². The number of carbonyl (C=O) groups excluding carboxylic acids is 1. The van der Waals surface area contributed by atoms with Gasteiger partial charge in [0.15, 0.2) is 0 Å². The minimum Gasteiger partial charge on any atom is -0.462 e. The Labute approximate surface area is 140 Å². The number of ether oxygens (including phenoxy) is 1. The number of benzene rings is 2. The average Bonchev–Trinajstić information content (AvgIpc) is 2.94. The highest BCUT2D eigenvalue weighted by atomic mass is 35.5. The van der Waals surface area contributed by atoms with Gasteiger partial charge in [0, 0.05) is 22.1 Å². The molecule has 0 radical (unpaired) electrons. The van der Waals surface area contributed by atoms with Gasteiger partial charge in [-0.1, -0.05) is 29.3 Å². The van der Waals surface area contributed by atoms with Crippen LogP contribution in [0.3, 0.4) is 0 Å². The average molecular weight is 328 g/mol. The number of nitrogens with one attached hydrogen (secondary N) is 1. The van der Waals surface area contributed by atoms with Gasteiger partial charge < -0.3 is 9.72 Å². The number of esters is 1. The van der Waals surface area contributed by atoms with Gasteiger partial charge in [0.25, 0.3) is 0 Å². The number of aromatic nitrogens is 1. The maximum Gasteiger partial charge on any atom is 0.338 e. The van der Waals surface area contributed by atoms with Gasteiger partial charge in [0.2, 0.25) is 0 Å². The van der Waals surface area contributed by atoms with Crippen LogP contribution in [0.5, 0.6) is 0 Å². The van der Waals surface area contributed by atoms with Crippen LogP contribution in [0.25, 0.3) is 10.9 Å². The molecule has 4 heteroatoms. The molecule has 0 aliphatic heterocycles. The van der Waals surface area contributed by atoms with Crippen molar-refractivity contribution >= 4 is 28.5 Å². The second-order valence-electron chi connectivity index (χ2n) is 5.61. The number of carbonyl (C=O) groups is 1. The molecular weight excluding hydrogens is 310 g/mol. The summed E-state index contributed by atoms with van der Waals surface area (Å²) in [5.74, 6) is -0.271.